The summed E-state index contributed by atoms with van der Waals surface area (Å²) in [6.07, 6.45) is 2.19. The molecular formula is C17H21N3O. The number of carbonyl (C=O) groups excluding carboxylic acids is 1. The van der Waals surface area contributed by atoms with E-state index in [0.717, 1.165) is 36.0 Å². The number of amides is 1. The second-order valence-electron chi connectivity index (χ2n) is 7.58. The van der Waals surface area contributed by atoms with Gasteiger partial charge in [0.1, 0.15) is 5.69 Å². The Kier molecular flexibility index (Phi) is 2.25. The summed E-state index contributed by atoms with van der Waals surface area (Å²) in [5.41, 5.74) is 3.05. The molecule has 4 nitrogen and oxygen atoms in total. The summed E-state index contributed by atoms with van der Waals surface area (Å²) < 4.78 is 1.94. The van der Waals surface area contributed by atoms with Crippen LogP contribution >= 0.6 is 0 Å². The molecule has 0 unspecified atom stereocenters. The van der Waals surface area contributed by atoms with Crippen LogP contribution in [0.4, 0.5) is 0 Å². The quantitative estimate of drug-likeness (QED) is 0.745. The maximum atomic E-state index is 12.8. The second-order valence-corrected chi connectivity index (χ2v) is 7.58. The van der Waals surface area contributed by atoms with Crippen LogP contribution in [0.5, 0.6) is 0 Å². The van der Waals surface area contributed by atoms with E-state index in [1.54, 1.807) is 0 Å². The van der Waals surface area contributed by atoms with Crippen molar-refractivity contribution in [1.82, 2.24) is 14.7 Å². The summed E-state index contributed by atoms with van der Waals surface area (Å²) in [6, 6.07) is 6.32. The summed E-state index contributed by atoms with van der Waals surface area (Å²) in [6.45, 7) is 7.41. The van der Waals surface area contributed by atoms with Crippen LogP contribution < -0.4 is 0 Å². The van der Waals surface area contributed by atoms with E-state index in [0.29, 0.717) is 0 Å². The summed E-state index contributed by atoms with van der Waals surface area (Å²) in [5, 5.41) is 5.66. The third-order valence-electron chi connectivity index (χ3n) is 5.09. The average molecular weight is 283 g/mol. The van der Waals surface area contributed by atoms with E-state index in [1.807, 2.05) is 22.7 Å². The number of hydrogen-bond acceptors (Lipinski definition) is 2. The monoisotopic (exact) mass is 283 g/mol. The first-order valence-corrected chi connectivity index (χ1v) is 7.61. The first-order valence-electron chi connectivity index (χ1n) is 7.61. The molecule has 2 aliphatic rings. The SMILES string of the molecule is CN1C(=O)c2c3cc(C(C)(C)C)ccc3nn2CC12CC2. The molecule has 0 radical (unpaired) electrons. The van der Waals surface area contributed by atoms with Crippen molar-refractivity contribution in [1.29, 1.82) is 0 Å². The molecule has 1 aromatic heterocycles. The zero-order valence-corrected chi connectivity index (χ0v) is 13.1. The predicted octanol–water partition coefficient (Wildman–Crippen LogP) is 2.95. The maximum absolute atomic E-state index is 12.8. The first-order chi connectivity index (χ1) is 9.82. The van der Waals surface area contributed by atoms with Gasteiger partial charge in [0.15, 0.2) is 0 Å². The topological polar surface area (TPSA) is 38.1 Å². The van der Waals surface area contributed by atoms with Gasteiger partial charge in [0, 0.05) is 12.4 Å². The zero-order chi connectivity index (χ0) is 15.0. The summed E-state index contributed by atoms with van der Waals surface area (Å²) in [7, 11) is 1.94. The Morgan fingerprint density at radius 3 is 2.57 bits per heavy atom. The van der Waals surface area contributed by atoms with E-state index < -0.39 is 0 Å². The Morgan fingerprint density at radius 2 is 1.95 bits per heavy atom. The van der Waals surface area contributed by atoms with E-state index in [1.165, 1.54) is 5.56 Å². The van der Waals surface area contributed by atoms with Crippen LogP contribution in [0.25, 0.3) is 10.9 Å². The fourth-order valence-electron chi connectivity index (χ4n) is 3.34. The van der Waals surface area contributed by atoms with E-state index in [4.69, 9.17) is 0 Å². The Bertz CT molecular complexity index is 762. The highest BCUT2D eigenvalue weighted by molar-refractivity contribution is 6.06. The van der Waals surface area contributed by atoms with Crippen LogP contribution in [0.3, 0.4) is 0 Å². The molecule has 1 aliphatic heterocycles. The molecule has 110 valence electrons. The number of likely N-dealkylation sites (N-methyl/N-ethyl adjacent to an activating group) is 1. The molecule has 1 fully saturated rings. The number of carbonyl (C=O) groups is 1. The molecule has 2 heterocycles. The number of nitrogens with zero attached hydrogens (tertiary/aromatic N) is 3. The summed E-state index contributed by atoms with van der Waals surface area (Å²) in [4.78, 5) is 14.7. The molecule has 2 aromatic rings. The predicted molar refractivity (Wildman–Crippen MR) is 82.5 cm³/mol. The van der Waals surface area contributed by atoms with E-state index in [9.17, 15) is 4.79 Å². The van der Waals surface area contributed by atoms with E-state index in [-0.39, 0.29) is 16.9 Å². The lowest BCUT2D eigenvalue weighted by molar-refractivity contribution is 0.0615. The average Bonchev–Trinajstić information content (AvgIpc) is 3.08. The minimum atomic E-state index is 0.0407. The van der Waals surface area contributed by atoms with Crippen LogP contribution in [-0.4, -0.2) is 33.2 Å². The van der Waals surface area contributed by atoms with Gasteiger partial charge in [-0.3, -0.25) is 9.48 Å². The van der Waals surface area contributed by atoms with Crippen molar-refractivity contribution >= 4 is 16.8 Å². The number of rotatable bonds is 0. The van der Waals surface area contributed by atoms with Crippen molar-refractivity contribution in [2.75, 3.05) is 7.05 Å². The fraction of sp³-hybridized carbons (Fsp3) is 0.529. The largest absolute Gasteiger partial charge is 0.333 e. The Morgan fingerprint density at radius 1 is 1.24 bits per heavy atom. The molecule has 1 amide bonds. The van der Waals surface area contributed by atoms with Gasteiger partial charge in [-0.25, -0.2) is 0 Å². The van der Waals surface area contributed by atoms with Crippen molar-refractivity contribution in [2.45, 2.75) is 51.1 Å². The molecule has 0 atom stereocenters. The van der Waals surface area contributed by atoms with Gasteiger partial charge >= 0.3 is 0 Å². The summed E-state index contributed by atoms with van der Waals surface area (Å²) >= 11 is 0. The number of hydrogen-bond donors (Lipinski definition) is 0. The zero-order valence-electron chi connectivity index (χ0n) is 13.1. The molecule has 4 rings (SSSR count). The third-order valence-corrected chi connectivity index (χ3v) is 5.09. The summed E-state index contributed by atoms with van der Waals surface area (Å²) in [5.74, 6) is 0.118. The molecule has 21 heavy (non-hydrogen) atoms. The van der Waals surface area contributed by atoms with Crippen LogP contribution in [0.2, 0.25) is 0 Å². The Balaban J connectivity index is 1.94. The van der Waals surface area contributed by atoms with Gasteiger partial charge in [0.2, 0.25) is 0 Å². The lowest BCUT2D eigenvalue weighted by Crippen LogP contribution is -2.47. The second kappa shape index (κ2) is 3.67. The molecule has 1 spiro atoms. The van der Waals surface area contributed by atoms with Gasteiger partial charge in [-0.2, -0.15) is 5.10 Å². The van der Waals surface area contributed by atoms with Gasteiger partial charge in [-0.1, -0.05) is 26.8 Å². The molecule has 0 saturated heterocycles. The van der Waals surface area contributed by atoms with Crippen molar-refractivity contribution in [3.63, 3.8) is 0 Å². The van der Waals surface area contributed by atoms with Crippen LogP contribution in [-0.2, 0) is 12.0 Å². The van der Waals surface area contributed by atoms with Crippen molar-refractivity contribution in [2.24, 2.45) is 0 Å². The standard InChI is InChI=1S/C17H21N3O/c1-16(2,3)11-5-6-13-12(9-11)14-15(21)19(4)17(7-8-17)10-20(14)18-13/h5-6,9H,7-8,10H2,1-4H3. The van der Waals surface area contributed by atoms with Gasteiger partial charge in [-0.15, -0.1) is 0 Å². The van der Waals surface area contributed by atoms with Crippen molar-refractivity contribution in [3.8, 4) is 0 Å². The number of aromatic nitrogens is 2. The lowest BCUT2D eigenvalue weighted by Gasteiger charge is -2.33. The highest BCUT2D eigenvalue weighted by atomic mass is 16.2. The highest BCUT2D eigenvalue weighted by Crippen LogP contribution is 2.46. The van der Waals surface area contributed by atoms with E-state index in [2.05, 4.69) is 38.0 Å². The van der Waals surface area contributed by atoms with Crippen LogP contribution in [0, 0.1) is 0 Å². The molecule has 1 aromatic carbocycles. The molecule has 0 N–H and O–H groups in total. The molecular weight excluding hydrogens is 262 g/mol. The van der Waals surface area contributed by atoms with Gasteiger partial charge < -0.3 is 4.90 Å². The molecule has 0 bridgehead atoms. The molecule has 4 heteroatoms. The Labute approximate surface area is 124 Å². The highest BCUT2D eigenvalue weighted by Gasteiger charge is 2.53. The third kappa shape index (κ3) is 1.68. The van der Waals surface area contributed by atoms with E-state index >= 15 is 0 Å². The first kappa shape index (κ1) is 12.9. The number of benzene rings is 1. The van der Waals surface area contributed by atoms with Gasteiger partial charge in [-0.05, 0) is 36.0 Å². The minimum absolute atomic E-state index is 0.0407. The van der Waals surface area contributed by atoms with Gasteiger partial charge in [0.05, 0.1) is 17.6 Å². The smallest absolute Gasteiger partial charge is 0.273 e. The van der Waals surface area contributed by atoms with Crippen molar-refractivity contribution < 1.29 is 4.79 Å². The van der Waals surface area contributed by atoms with Crippen LogP contribution in [0.15, 0.2) is 18.2 Å². The Hall–Kier alpha value is -1.84. The maximum Gasteiger partial charge on any atom is 0.273 e. The normalized spacial score (nSPS) is 20.2. The lowest BCUT2D eigenvalue weighted by atomic mass is 9.86. The van der Waals surface area contributed by atoms with Crippen molar-refractivity contribution in [3.05, 3.63) is 29.5 Å². The molecule has 1 aliphatic carbocycles. The fourth-order valence-corrected chi connectivity index (χ4v) is 3.34. The molecule has 1 saturated carbocycles. The van der Waals surface area contributed by atoms with Gasteiger partial charge in [0.25, 0.3) is 5.91 Å². The minimum Gasteiger partial charge on any atom is -0.333 e. The van der Waals surface area contributed by atoms with Crippen LogP contribution in [0.1, 0.15) is 49.7 Å². The number of fused-ring (bicyclic) bond motifs is 3.